The number of benzene rings is 2. The Bertz CT molecular complexity index is 624. The normalized spacial score (nSPS) is 11.7. The van der Waals surface area contributed by atoms with Crippen LogP contribution in [-0.4, -0.2) is 14.2 Å². The molecule has 0 heterocycles. The second-order valence-electron chi connectivity index (χ2n) is 6.28. The van der Waals surface area contributed by atoms with Crippen LogP contribution >= 0.6 is 0 Å². The standard InChI is InChI=1S/C20H24O2/c1-20(2,3)16-12-9-15(10-13-16)11-14-17-18(21-4)7-6-8-19(17)22-5/h6-14H,1-5H3/b14-11+. The summed E-state index contributed by atoms with van der Waals surface area (Å²) in [7, 11) is 3.34. The summed E-state index contributed by atoms with van der Waals surface area (Å²) in [6.45, 7) is 6.66. The second-order valence-corrected chi connectivity index (χ2v) is 6.28. The molecule has 2 heteroatoms. The van der Waals surface area contributed by atoms with Gasteiger partial charge in [-0.05, 0) is 34.8 Å². The van der Waals surface area contributed by atoms with Crippen molar-refractivity contribution in [3.05, 3.63) is 59.2 Å². The van der Waals surface area contributed by atoms with Crippen LogP contribution in [0.2, 0.25) is 0 Å². The van der Waals surface area contributed by atoms with E-state index in [0.29, 0.717) is 0 Å². The number of hydrogen-bond acceptors (Lipinski definition) is 2. The lowest BCUT2D eigenvalue weighted by atomic mass is 9.87. The van der Waals surface area contributed by atoms with Crippen LogP contribution in [0.4, 0.5) is 0 Å². The van der Waals surface area contributed by atoms with Gasteiger partial charge in [0.15, 0.2) is 0 Å². The third-order valence-corrected chi connectivity index (χ3v) is 3.69. The van der Waals surface area contributed by atoms with Crippen LogP contribution in [0.5, 0.6) is 11.5 Å². The van der Waals surface area contributed by atoms with Crippen LogP contribution in [0.3, 0.4) is 0 Å². The first-order chi connectivity index (χ1) is 10.5. The van der Waals surface area contributed by atoms with Crippen LogP contribution in [0.25, 0.3) is 12.2 Å². The Morgan fingerprint density at radius 1 is 0.773 bits per heavy atom. The zero-order chi connectivity index (χ0) is 16.2. The molecule has 0 bridgehead atoms. The van der Waals surface area contributed by atoms with E-state index in [9.17, 15) is 0 Å². The fourth-order valence-corrected chi connectivity index (χ4v) is 2.32. The first kappa shape index (κ1) is 16.2. The monoisotopic (exact) mass is 296 g/mol. The molecule has 2 nitrogen and oxygen atoms in total. The molecule has 0 fully saturated rings. The van der Waals surface area contributed by atoms with Gasteiger partial charge in [0, 0.05) is 0 Å². The van der Waals surface area contributed by atoms with Crippen molar-refractivity contribution in [2.45, 2.75) is 26.2 Å². The third kappa shape index (κ3) is 3.70. The van der Waals surface area contributed by atoms with Crippen LogP contribution in [-0.2, 0) is 5.41 Å². The van der Waals surface area contributed by atoms with Crippen molar-refractivity contribution in [2.24, 2.45) is 0 Å². The van der Waals surface area contributed by atoms with E-state index in [2.05, 4.69) is 51.1 Å². The average Bonchev–Trinajstić information content (AvgIpc) is 2.52. The Morgan fingerprint density at radius 3 is 1.77 bits per heavy atom. The maximum atomic E-state index is 5.41. The predicted octanol–water partition coefficient (Wildman–Crippen LogP) is 5.17. The van der Waals surface area contributed by atoms with E-state index < -0.39 is 0 Å². The van der Waals surface area contributed by atoms with Crippen LogP contribution in [0.1, 0.15) is 37.5 Å². The lowest BCUT2D eigenvalue weighted by Crippen LogP contribution is -2.10. The molecule has 0 aliphatic heterocycles. The molecule has 0 saturated heterocycles. The summed E-state index contributed by atoms with van der Waals surface area (Å²) in [5.74, 6) is 1.61. The first-order valence-electron chi connectivity index (χ1n) is 7.45. The van der Waals surface area contributed by atoms with Gasteiger partial charge in [0.25, 0.3) is 0 Å². The molecule has 0 radical (unpaired) electrons. The number of methoxy groups -OCH3 is 2. The van der Waals surface area contributed by atoms with Crippen molar-refractivity contribution in [3.8, 4) is 11.5 Å². The van der Waals surface area contributed by atoms with Gasteiger partial charge in [-0.3, -0.25) is 0 Å². The molecule has 0 aliphatic rings. The Hall–Kier alpha value is -2.22. The molecule has 0 unspecified atom stereocenters. The summed E-state index contributed by atoms with van der Waals surface area (Å²) in [6, 6.07) is 14.4. The van der Waals surface area contributed by atoms with Gasteiger partial charge in [-0.2, -0.15) is 0 Å². The smallest absolute Gasteiger partial charge is 0.129 e. The SMILES string of the molecule is COc1cccc(OC)c1/C=C/c1ccc(C(C)(C)C)cc1. The molecule has 0 N–H and O–H groups in total. The molecule has 2 aromatic carbocycles. The Morgan fingerprint density at radius 2 is 1.32 bits per heavy atom. The van der Waals surface area contributed by atoms with Gasteiger partial charge >= 0.3 is 0 Å². The van der Waals surface area contributed by atoms with Crippen molar-refractivity contribution in [1.29, 1.82) is 0 Å². The zero-order valence-corrected chi connectivity index (χ0v) is 14.0. The van der Waals surface area contributed by atoms with Crippen molar-refractivity contribution in [2.75, 3.05) is 14.2 Å². The molecule has 0 aromatic heterocycles. The van der Waals surface area contributed by atoms with Crippen LogP contribution < -0.4 is 9.47 Å². The lowest BCUT2D eigenvalue weighted by Gasteiger charge is -2.18. The molecule has 2 aromatic rings. The average molecular weight is 296 g/mol. The lowest BCUT2D eigenvalue weighted by molar-refractivity contribution is 0.392. The minimum atomic E-state index is 0.175. The van der Waals surface area contributed by atoms with Crippen molar-refractivity contribution < 1.29 is 9.47 Å². The van der Waals surface area contributed by atoms with Crippen LogP contribution in [0, 0.1) is 0 Å². The van der Waals surface area contributed by atoms with Gasteiger partial charge in [-0.1, -0.05) is 57.2 Å². The molecule has 0 amide bonds. The maximum absolute atomic E-state index is 5.41. The number of rotatable bonds is 4. The molecule has 0 aliphatic carbocycles. The van der Waals surface area contributed by atoms with E-state index in [-0.39, 0.29) is 5.41 Å². The summed E-state index contributed by atoms with van der Waals surface area (Å²) < 4.78 is 10.8. The van der Waals surface area contributed by atoms with Gasteiger partial charge < -0.3 is 9.47 Å². The summed E-state index contributed by atoms with van der Waals surface area (Å²) in [5.41, 5.74) is 3.61. The third-order valence-electron chi connectivity index (χ3n) is 3.69. The highest BCUT2D eigenvalue weighted by atomic mass is 16.5. The van der Waals surface area contributed by atoms with Crippen LogP contribution in [0.15, 0.2) is 42.5 Å². The van der Waals surface area contributed by atoms with E-state index >= 15 is 0 Å². The Kier molecular flexibility index (Phi) is 4.92. The minimum Gasteiger partial charge on any atom is -0.496 e. The molecule has 22 heavy (non-hydrogen) atoms. The summed E-state index contributed by atoms with van der Waals surface area (Å²) in [5, 5.41) is 0. The Labute approximate surface area is 133 Å². The van der Waals surface area contributed by atoms with Gasteiger partial charge in [0.2, 0.25) is 0 Å². The fourth-order valence-electron chi connectivity index (χ4n) is 2.32. The number of hydrogen-bond donors (Lipinski definition) is 0. The molecular formula is C20H24O2. The van der Waals surface area contributed by atoms with Crippen molar-refractivity contribution in [1.82, 2.24) is 0 Å². The van der Waals surface area contributed by atoms with E-state index in [1.807, 2.05) is 24.3 Å². The largest absolute Gasteiger partial charge is 0.496 e. The van der Waals surface area contributed by atoms with Gasteiger partial charge in [-0.25, -0.2) is 0 Å². The molecule has 0 atom stereocenters. The van der Waals surface area contributed by atoms with Crippen molar-refractivity contribution >= 4 is 12.2 Å². The highest BCUT2D eigenvalue weighted by Gasteiger charge is 2.12. The highest BCUT2D eigenvalue weighted by molar-refractivity contribution is 5.76. The zero-order valence-electron chi connectivity index (χ0n) is 14.0. The quantitative estimate of drug-likeness (QED) is 0.724. The van der Waals surface area contributed by atoms with E-state index in [1.165, 1.54) is 5.56 Å². The molecule has 2 rings (SSSR count). The highest BCUT2D eigenvalue weighted by Crippen LogP contribution is 2.30. The molecule has 0 spiro atoms. The second kappa shape index (κ2) is 6.69. The minimum absolute atomic E-state index is 0.175. The summed E-state index contributed by atoms with van der Waals surface area (Å²) in [4.78, 5) is 0. The number of ether oxygens (including phenoxy) is 2. The first-order valence-corrected chi connectivity index (χ1v) is 7.45. The molecule has 0 saturated carbocycles. The van der Waals surface area contributed by atoms with Crippen molar-refractivity contribution in [3.63, 3.8) is 0 Å². The Balaban J connectivity index is 2.29. The van der Waals surface area contributed by atoms with E-state index in [1.54, 1.807) is 14.2 Å². The van der Waals surface area contributed by atoms with Gasteiger partial charge in [0.1, 0.15) is 11.5 Å². The van der Waals surface area contributed by atoms with Gasteiger partial charge in [-0.15, -0.1) is 0 Å². The molecule has 116 valence electrons. The summed E-state index contributed by atoms with van der Waals surface area (Å²) in [6.07, 6.45) is 4.11. The summed E-state index contributed by atoms with van der Waals surface area (Å²) >= 11 is 0. The molecular weight excluding hydrogens is 272 g/mol. The van der Waals surface area contributed by atoms with E-state index in [4.69, 9.17) is 9.47 Å². The van der Waals surface area contributed by atoms with Gasteiger partial charge in [0.05, 0.1) is 19.8 Å². The predicted molar refractivity (Wildman–Crippen MR) is 93.6 cm³/mol. The fraction of sp³-hybridized carbons (Fsp3) is 0.300. The topological polar surface area (TPSA) is 18.5 Å². The maximum Gasteiger partial charge on any atom is 0.129 e. The van der Waals surface area contributed by atoms with E-state index in [0.717, 1.165) is 22.6 Å².